The molecule has 1 fully saturated rings. The maximum absolute atomic E-state index is 13.6. The number of imidazole rings is 1. The topological polar surface area (TPSA) is 138 Å². The lowest BCUT2D eigenvalue weighted by atomic mass is 10.0. The number of nitrogens with one attached hydrogen (secondary N) is 3. The van der Waals surface area contributed by atoms with Crippen LogP contribution in [-0.4, -0.2) is 32.7 Å². The van der Waals surface area contributed by atoms with E-state index in [2.05, 4.69) is 14.7 Å². The molecule has 1 unspecified atom stereocenters. The number of carbonyl (C=O) groups excluding carboxylic acids is 1. The maximum Gasteiger partial charge on any atom is 0.242 e. The Bertz CT molecular complexity index is 1990. The number of H-pyrrole nitrogens is 1. The molecule has 0 radical (unpaired) electrons. The fourth-order valence-electron chi connectivity index (χ4n) is 5.17. The van der Waals surface area contributed by atoms with E-state index in [1.165, 1.54) is 0 Å². The molecule has 6 rings (SSSR count). The van der Waals surface area contributed by atoms with Crippen molar-refractivity contribution >= 4 is 37.0 Å². The standard InChI is InChI=1S/C31H28N4O5S2/c1-20-7-16-26-27(17-20)33-31(32-26)28(18-21-8-10-24(11-9-21)29-19-30(36)35-42(29,39)40)34-41(37,38)25-14-12-23(13-15-25)22-5-3-2-4-6-22/h2-17,28-29,34H,18-19H2,1H3,(H,32,33)(H,35,36)/t28-,29?/m0/s1. The zero-order valence-corrected chi connectivity index (χ0v) is 24.2. The Morgan fingerprint density at radius 2 is 1.62 bits per heavy atom. The first-order valence-electron chi connectivity index (χ1n) is 13.3. The Kier molecular flexibility index (Phi) is 7.17. The van der Waals surface area contributed by atoms with Gasteiger partial charge >= 0.3 is 0 Å². The number of carbonyl (C=O) groups is 1. The van der Waals surface area contributed by atoms with Gasteiger partial charge in [0.25, 0.3) is 0 Å². The molecular weight excluding hydrogens is 572 g/mol. The van der Waals surface area contributed by atoms with Gasteiger partial charge in [-0.3, -0.25) is 9.52 Å². The first-order chi connectivity index (χ1) is 20.1. The van der Waals surface area contributed by atoms with E-state index in [0.29, 0.717) is 16.9 Å². The smallest absolute Gasteiger partial charge is 0.242 e. The van der Waals surface area contributed by atoms with E-state index in [9.17, 15) is 21.6 Å². The van der Waals surface area contributed by atoms with E-state index >= 15 is 0 Å². The zero-order valence-electron chi connectivity index (χ0n) is 22.6. The predicted octanol–water partition coefficient (Wildman–Crippen LogP) is 4.69. The highest BCUT2D eigenvalue weighted by molar-refractivity contribution is 7.90. The molecule has 2 heterocycles. The van der Waals surface area contributed by atoms with Crippen molar-refractivity contribution in [2.75, 3.05) is 0 Å². The van der Waals surface area contributed by atoms with Gasteiger partial charge in [0.05, 0.1) is 28.4 Å². The zero-order chi connectivity index (χ0) is 29.5. The number of amides is 1. The lowest BCUT2D eigenvalue weighted by Gasteiger charge is -2.18. The van der Waals surface area contributed by atoms with Gasteiger partial charge in [0.1, 0.15) is 11.1 Å². The second kappa shape index (κ2) is 10.8. The minimum atomic E-state index is -3.95. The molecule has 0 spiro atoms. The normalized spacial score (nSPS) is 17.3. The van der Waals surface area contributed by atoms with Crippen LogP contribution in [0.15, 0.2) is 102 Å². The molecular formula is C31H28N4O5S2. The molecule has 0 saturated carbocycles. The molecule has 3 N–H and O–H groups in total. The lowest BCUT2D eigenvalue weighted by Crippen LogP contribution is -2.31. The Hall–Kier alpha value is -4.32. The summed E-state index contributed by atoms with van der Waals surface area (Å²) in [5.74, 6) is -0.0761. The van der Waals surface area contributed by atoms with Gasteiger partial charge in [-0.25, -0.2) is 26.5 Å². The summed E-state index contributed by atoms with van der Waals surface area (Å²) in [6.45, 7) is 1.97. The minimum Gasteiger partial charge on any atom is -0.341 e. The molecule has 1 amide bonds. The molecule has 5 aromatic rings. The van der Waals surface area contributed by atoms with Crippen molar-refractivity contribution in [3.63, 3.8) is 0 Å². The SMILES string of the molecule is Cc1ccc2nc([C@H](Cc3ccc(C4CC(=O)NS4(=O)=O)cc3)NS(=O)(=O)c3ccc(-c4ccccc4)cc3)[nH]c2c1. The first-order valence-corrected chi connectivity index (χ1v) is 16.4. The highest BCUT2D eigenvalue weighted by Crippen LogP contribution is 2.31. The van der Waals surface area contributed by atoms with Gasteiger partial charge in [0, 0.05) is 0 Å². The van der Waals surface area contributed by atoms with Gasteiger partial charge in [-0.2, -0.15) is 0 Å². The van der Waals surface area contributed by atoms with Crippen LogP contribution in [0, 0.1) is 6.92 Å². The molecule has 0 bridgehead atoms. The van der Waals surface area contributed by atoms with Crippen molar-refractivity contribution in [1.29, 1.82) is 0 Å². The number of aromatic amines is 1. The van der Waals surface area contributed by atoms with Crippen molar-refractivity contribution in [1.82, 2.24) is 19.4 Å². The molecule has 1 aromatic heterocycles. The highest BCUT2D eigenvalue weighted by Gasteiger charge is 2.37. The summed E-state index contributed by atoms with van der Waals surface area (Å²) in [5, 5.41) is -0.953. The highest BCUT2D eigenvalue weighted by atomic mass is 32.2. The molecule has 1 saturated heterocycles. The number of nitrogens with zero attached hydrogens (tertiary/aromatic N) is 1. The summed E-state index contributed by atoms with van der Waals surface area (Å²) in [5.41, 5.74) is 5.69. The van der Waals surface area contributed by atoms with Crippen molar-refractivity contribution in [3.05, 3.63) is 120 Å². The molecule has 214 valence electrons. The number of fused-ring (bicyclic) bond motifs is 1. The van der Waals surface area contributed by atoms with Crippen LogP contribution < -0.4 is 9.44 Å². The molecule has 4 aromatic carbocycles. The maximum atomic E-state index is 13.6. The van der Waals surface area contributed by atoms with Crippen LogP contribution in [0.1, 0.15) is 40.2 Å². The van der Waals surface area contributed by atoms with Crippen LogP contribution in [-0.2, 0) is 31.3 Å². The van der Waals surface area contributed by atoms with E-state index in [1.807, 2.05) is 60.2 Å². The average molecular weight is 601 g/mol. The van der Waals surface area contributed by atoms with Gasteiger partial charge < -0.3 is 4.98 Å². The number of hydrogen-bond acceptors (Lipinski definition) is 6. The quantitative estimate of drug-likeness (QED) is 0.236. The van der Waals surface area contributed by atoms with E-state index < -0.39 is 37.2 Å². The predicted molar refractivity (Wildman–Crippen MR) is 160 cm³/mol. The minimum absolute atomic E-state index is 0.123. The fourth-order valence-corrected chi connectivity index (χ4v) is 7.79. The number of rotatable bonds is 8. The molecule has 1 aliphatic heterocycles. The summed E-state index contributed by atoms with van der Waals surface area (Å²) >= 11 is 0. The molecule has 11 heteroatoms. The molecule has 2 atom stereocenters. The van der Waals surface area contributed by atoms with Crippen molar-refractivity contribution < 1.29 is 21.6 Å². The third kappa shape index (κ3) is 5.71. The van der Waals surface area contributed by atoms with Crippen molar-refractivity contribution in [2.45, 2.75) is 36.0 Å². The number of hydrogen-bond donors (Lipinski definition) is 3. The van der Waals surface area contributed by atoms with E-state index in [4.69, 9.17) is 0 Å². The molecule has 9 nitrogen and oxygen atoms in total. The summed E-state index contributed by atoms with van der Waals surface area (Å²) < 4.78 is 56.6. The molecule has 42 heavy (non-hydrogen) atoms. The van der Waals surface area contributed by atoms with Crippen LogP contribution in [0.4, 0.5) is 0 Å². The van der Waals surface area contributed by atoms with Gasteiger partial charge in [-0.1, -0.05) is 72.8 Å². The Morgan fingerprint density at radius 3 is 2.29 bits per heavy atom. The average Bonchev–Trinajstić information content (AvgIpc) is 3.52. The van der Waals surface area contributed by atoms with Gasteiger partial charge in [0.2, 0.25) is 26.0 Å². The second-order valence-electron chi connectivity index (χ2n) is 10.4. The van der Waals surface area contributed by atoms with Gasteiger partial charge in [-0.05, 0) is 65.4 Å². The Labute approximate surface area is 244 Å². The van der Waals surface area contributed by atoms with Crippen LogP contribution in [0.25, 0.3) is 22.2 Å². The number of benzene rings is 4. The molecule has 1 aliphatic rings. The summed E-state index contributed by atoms with van der Waals surface area (Å²) in [6.07, 6.45) is 0.112. The monoisotopic (exact) mass is 600 g/mol. The largest absolute Gasteiger partial charge is 0.341 e. The van der Waals surface area contributed by atoms with Crippen LogP contribution >= 0.6 is 0 Å². The first kappa shape index (κ1) is 27.8. The summed E-state index contributed by atoms with van der Waals surface area (Å²) in [4.78, 5) is 19.8. The molecule has 0 aliphatic carbocycles. The fraction of sp³-hybridized carbons (Fsp3) is 0.161. The van der Waals surface area contributed by atoms with Crippen LogP contribution in [0.5, 0.6) is 0 Å². The third-order valence-corrected chi connectivity index (χ3v) is 10.5. The third-order valence-electron chi connectivity index (χ3n) is 7.35. The summed E-state index contributed by atoms with van der Waals surface area (Å²) in [6, 6.07) is 28.2. The van der Waals surface area contributed by atoms with Crippen molar-refractivity contribution in [2.24, 2.45) is 0 Å². The Morgan fingerprint density at radius 1 is 0.929 bits per heavy atom. The van der Waals surface area contributed by atoms with Crippen LogP contribution in [0.2, 0.25) is 0 Å². The van der Waals surface area contributed by atoms with Gasteiger partial charge in [-0.15, -0.1) is 0 Å². The van der Waals surface area contributed by atoms with Crippen molar-refractivity contribution in [3.8, 4) is 11.1 Å². The van der Waals surface area contributed by atoms with E-state index in [-0.39, 0.29) is 17.7 Å². The number of sulfonamides is 2. The number of aromatic nitrogens is 2. The lowest BCUT2D eigenvalue weighted by molar-refractivity contribution is -0.118. The van der Waals surface area contributed by atoms with E-state index in [0.717, 1.165) is 27.8 Å². The summed E-state index contributed by atoms with van der Waals surface area (Å²) in [7, 11) is -7.72. The second-order valence-corrected chi connectivity index (χ2v) is 14.0. The number of aryl methyl sites for hydroxylation is 1. The van der Waals surface area contributed by atoms with Gasteiger partial charge in [0.15, 0.2) is 0 Å². The van der Waals surface area contributed by atoms with E-state index in [1.54, 1.807) is 48.5 Å². The Balaban J connectivity index is 1.30. The van der Waals surface area contributed by atoms with Crippen LogP contribution in [0.3, 0.4) is 0 Å².